The van der Waals surface area contributed by atoms with Crippen molar-refractivity contribution in [3.63, 3.8) is 0 Å². The molecule has 0 bridgehead atoms. The highest BCUT2D eigenvalue weighted by Gasteiger charge is 2.34. The van der Waals surface area contributed by atoms with Gasteiger partial charge >= 0.3 is 0 Å². The van der Waals surface area contributed by atoms with Crippen molar-refractivity contribution in [1.29, 1.82) is 0 Å². The van der Waals surface area contributed by atoms with Crippen LogP contribution in [0.3, 0.4) is 0 Å². The van der Waals surface area contributed by atoms with Crippen LogP contribution in [-0.2, 0) is 20.8 Å². The third-order valence-corrected chi connectivity index (χ3v) is 10.4. The number of piperidine rings is 2. The summed E-state index contributed by atoms with van der Waals surface area (Å²) in [6.07, 6.45) is 3.75. The molecule has 10 heteroatoms. The van der Waals surface area contributed by atoms with E-state index in [9.17, 15) is 19.2 Å². The Morgan fingerprint density at radius 1 is 0.723 bits per heavy atom. The van der Waals surface area contributed by atoms with E-state index < -0.39 is 0 Å². The fourth-order valence-electron chi connectivity index (χ4n) is 7.57. The van der Waals surface area contributed by atoms with Gasteiger partial charge in [-0.05, 0) is 55.5 Å². The molecule has 3 aromatic rings. The minimum atomic E-state index is -0.0140. The number of anilines is 1. The molecule has 4 amide bonds. The summed E-state index contributed by atoms with van der Waals surface area (Å²) in [5.41, 5.74) is 5.65. The van der Waals surface area contributed by atoms with Crippen LogP contribution in [0, 0.1) is 5.92 Å². The van der Waals surface area contributed by atoms with E-state index in [2.05, 4.69) is 10.2 Å². The molecule has 10 nitrogen and oxygen atoms in total. The second kappa shape index (κ2) is 13.3. The lowest BCUT2D eigenvalue weighted by Crippen LogP contribution is -2.55. The predicted molar refractivity (Wildman–Crippen MR) is 179 cm³/mol. The van der Waals surface area contributed by atoms with Gasteiger partial charge in [-0.1, -0.05) is 36.4 Å². The number of carbonyl (C=O) groups excluding carboxylic acids is 4. The van der Waals surface area contributed by atoms with Gasteiger partial charge in [-0.25, -0.2) is 4.98 Å². The first-order valence-corrected chi connectivity index (χ1v) is 16.9. The lowest BCUT2D eigenvalue weighted by molar-refractivity contribution is -0.141. The average Bonchev–Trinajstić information content (AvgIpc) is 3.50. The zero-order valence-corrected chi connectivity index (χ0v) is 27.0. The van der Waals surface area contributed by atoms with Gasteiger partial charge in [0.05, 0.1) is 17.8 Å². The Kier molecular flexibility index (Phi) is 8.77. The predicted octanol–water partition coefficient (Wildman–Crippen LogP) is 3.92. The van der Waals surface area contributed by atoms with Crippen LogP contribution in [0.1, 0.15) is 48.5 Å². The van der Waals surface area contributed by atoms with Crippen LogP contribution in [0.25, 0.3) is 22.5 Å². The third-order valence-electron chi connectivity index (χ3n) is 10.4. The van der Waals surface area contributed by atoms with Gasteiger partial charge in [0, 0.05) is 93.6 Å². The fraction of sp³-hybridized carbons (Fsp3) is 0.432. The first-order valence-electron chi connectivity index (χ1n) is 16.9. The summed E-state index contributed by atoms with van der Waals surface area (Å²) in [5, 5.41) is 2.89. The summed E-state index contributed by atoms with van der Waals surface area (Å²) in [7, 11) is 0. The largest absolute Gasteiger partial charge is 0.343 e. The van der Waals surface area contributed by atoms with Crippen LogP contribution in [-0.4, -0.2) is 107 Å². The highest BCUT2D eigenvalue weighted by Crippen LogP contribution is 2.31. The summed E-state index contributed by atoms with van der Waals surface area (Å²) < 4.78 is 0. The summed E-state index contributed by atoms with van der Waals surface area (Å²) in [6, 6.07) is 19.9. The maximum absolute atomic E-state index is 14.0. The summed E-state index contributed by atoms with van der Waals surface area (Å²) >= 11 is 0. The smallest absolute Gasteiger partial charge is 0.254 e. The SMILES string of the molecule is CC(=O)N1CCC(C(=O)N2CCC(N3CCN(C(=O)c4cc(-c5ccccc5)nc(-c5ccc6c(c5)CC(=O)N6)c4)CC3)CC2)CC1. The molecule has 0 saturated carbocycles. The van der Waals surface area contributed by atoms with Crippen LogP contribution in [0.2, 0.25) is 0 Å². The Labute approximate surface area is 275 Å². The van der Waals surface area contributed by atoms with Crippen molar-refractivity contribution >= 4 is 29.3 Å². The van der Waals surface area contributed by atoms with Crippen molar-refractivity contribution in [2.24, 2.45) is 5.92 Å². The van der Waals surface area contributed by atoms with Crippen molar-refractivity contribution in [3.05, 3.63) is 71.8 Å². The first kappa shape index (κ1) is 31.1. The van der Waals surface area contributed by atoms with Gasteiger partial charge in [0.1, 0.15) is 0 Å². The van der Waals surface area contributed by atoms with E-state index in [0.717, 1.165) is 79.9 Å². The van der Waals surface area contributed by atoms with Crippen molar-refractivity contribution in [3.8, 4) is 22.5 Å². The van der Waals surface area contributed by atoms with Gasteiger partial charge in [0.15, 0.2) is 0 Å². The molecule has 5 heterocycles. The maximum atomic E-state index is 14.0. The number of nitrogens with zero attached hydrogens (tertiary/aromatic N) is 5. The molecule has 1 aromatic heterocycles. The number of carbonyl (C=O) groups is 4. The number of nitrogens with one attached hydrogen (secondary N) is 1. The summed E-state index contributed by atoms with van der Waals surface area (Å²) in [5.74, 6) is 0.350. The average molecular weight is 635 g/mol. The van der Waals surface area contributed by atoms with Gasteiger partial charge in [0.25, 0.3) is 5.91 Å². The molecule has 0 spiro atoms. The Morgan fingerprint density at radius 3 is 2.06 bits per heavy atom. The molecule has 0 unspecified atom stereocenters. The van der Waals surface area contributed by atoms with Crippen LogP contribution in [0.15, 0.2) is 60.7 Å². The molecule has 7 rings (SSSR count). The molecule has 244 valence electrons. The quantitative estimate of drug-likeness (QED) is 0.456. The number of likely N-dealkylation sites (tertiary alicyclic amines) is 2. The second-order valence-electron chi connectivity index (χ2n) is 13.3. The summed E-state index contributed by atoms with van der Waals surface area (Å²) in [4.78, 5) is 64.0. The van der Waals surface area contributed by atoms with Crippen molar-refractivity contribution in [2.75, 3.05) is 57.7 Å². The minimum absolute atomic E-state index is 0.000257. The van der Waals surface area contributed by atoms with E-state index in [1.807, 2.05) is 75.4 Å². The molecular formula is C37H42N6O4. The number of pyridine rings is 1. The molecule has 3 saturated heterocycles. The van der Waals surface area contributed by atoms with Gasteiger partial charge in [-0.15, -0.1) is 0 Å². The number of hydrogen-bond acceptors (Lipinski definition) is 6. The molecule has 2 aromatic carbocycles. The standard InChI is InChI=1S/C37H42N6O4/c1-25(44)40-13-9-27(10-14-40)36(46)42-15-11-31(12-16-42)41-17-19-43(20-18-41)37(47)30-22-33(26-5-3-2-4-6-26)38-34(23-30)28-7-8-32-29(21-28)24-35(45)39-32/h2-8,21-23,27,31H,9-20,24H2,1H3,(H,39,45). The number of piperazine rings is 1. The van der Waals surface area contributed by atoms with E-state index in [-0.39, 0.29) is 29.5 Å². The molecular weight excluding hydrogens is 592 g/mol. The minimum Gasteiger partial charge on any atom is -0.343 e. The Morgan fingerprint density at radius 2 is 1.38 bits per heavy atom. The van der Waals surface area contributed by atoms with Gasteiger partial charge < -0.3 is 20.0 Å². The van der Waals surface area contributed by atoms with Crippen molar-refractivity contribution < 1.29 is 19.2 Å². The van der Waals surface area contributed by atoms with Crippen LogP contribution >= 0.6 is 0 Å². The highest BCUT2D eigenvalue weighted by molar-refractivity contribution is 6.00. The zero-order valence-electron chi connectivity index (χ0n) is 27.0. The fourth-order valence-corrected chi connectivity index (χ4v) is 7.57. The molecule has 4 aliphatic rings. The lowest BCUT2D eigenvalue weighted by atomic mass is 9.93. The summed E-state index contributed by atoms with van der Waals surface area (Å²) in [6.45, 7) is 7.40. The van der Waals surface area contributed by atoms with E-state index in [1.165, 1.54) is 0 Å². The van der Waals surface area contributed by atoms with E-state index in [4.69, 9.17) is 4.98 Å². The van der Waals surface area contributed by atoms with Crippen molar-refractivity contribution in [2.45, 2.75) is 45.1 Å². The van der Waals surface area contributed by atoms with Gasteiger partial charge in [-0.2, -0.15) is 0 Å². The maximum Gasteiger partial charge on any atom is 0.254 e. The lowest BCUT2D eigenvalue weighted by Gasteiger charge is -2.43. The molecule has 47 heavy (non-hydrogen) atoms. The number of aromatic nitrogens is 1. The van der Waals surface area contributed by atoms with Crippen LogP contribution in [0.5, 0.6) is 0 Å². The van der Waals surface area contributed by atoms with Gasteiger partial charge in [-0.3, -0.25) is 24.1 Å². The Hall–Kier alpha value is -4.57. The second-order valence-corrected chi connectivity index (χ2v) is 13.3. The highest BCUT2D eigenvalue weighted by atomic mass is 16.2. The number of benzene rings is 2. The molecule has 0 radical (unpaired) electrons. The topological polar surface area (TPSA) is 106 Å². The number of amides is 4. The molecule has 0 atom stereocenters. The van der Waals surface area contributed by atoms with Crippen molar-refractivity contribution in [1.82, 2.24) is 24.6 Å². The number of hydrogen-bond donors (Lipinski definition) is 1. The Balaban J connectivity index is 0.988. The van der Waals surface area contributed by atoms with E-state index >= 15 is 0 Å². The normalized spacial score (nSPS) is 19.4. The molecule has 1 N–H and O–H groups in total. The number of fused-ring (bicyclic) bond motifs is 1. The third kappa shape index (κ3) is 6.65. The number of rotatable bonds is 5. The monoisotopic (exact) mass is 634 g/mol. The van der Waals surface area contributed by atoms with E-state index in [1.54, 1.807) is 6.92 Å². The van der Waals surface area contributed by atoms with Gasteiger partial charge in [0.2, 0.25) is 17.7 Å². The van der Waals surface area contributed by atoms with Crippen LogP contribution < -0.4 is 5.32 Å². The molecule has 4 aliphatic heterocycles. The first-order chi connectivity index (χ1) is 22.8. The molecule has 0 aliphatic carbocycles. The van der Waals surface area contributed by atoms with Crippen LogP contribution in [0.4, 0.5) is 5.69 Å². The molecule has 3 fully saturated rings. The zero-order chi connectivity index (χ0) is 32.5. The Bertz CT molecular complexity index is 1670. The van der Waals surface area contributed by atoms with E-state index in [0.29, 0.717) is 49.9 Å².